The summed E-state index contributed by atoms with van der Waals surface area (Å²) < 4.78 is 58.5. The molecule has 1 saturated heterocycles. The molecule has 37 heavy (non-hydrogen) atoms. The van der Waals surface area contributed by atoms with E-state index in [0.29, 0.717) is 48.9 Å². The van der Waals surface area contributed by atoms with E-state index in [1.165, 1.54) is 24.3 Å². The molecule has 0 saturated carbocycles. The van der Waals surface area contributed by atoms with E-state index in [1.54, 1.807) is 30.0 Å². The average Bonchev–Trinajstić information content (AvgIpc) is 2.88. The molecule has 0 N–H and O–H groups in total. The van der Waals surface area contributed by atoms with Gasteiger partial charge in [-0.05, 0) is 60.0 Å². The number of benzene rings is 3. The fourth-order valence-corrected chi connectivity index (χ4v) is 4.41. The minimum atomic E-state index is -4.39. The highest BCUT2D eigenvalue weighted by Gasteiger charge is 2.30. The van der Waals surface area contributed by atoms with E-state index in [-0.39, 0.29) is 18.6 Å². The van der Waals surface area contributed by atoms with Gasteiger partial charge in [0.05, 0.1) is 18.3 Å². The lowest BCUT2D eigenvalue weighted by Crippen LogP contribution is -2.49. The second kappa shape index (κ2) is 11.6. The summed E-state index contributed by atoms with van der Waals surface area (Å²) in [5.74, 6) is -0.631. The molecule has 1 heterocycles. The minimum absolute atomic E-state index is 0.142. The Morgan fingerprint density at radius 1 is 0.973 bits per heavy atom. The van der Waals surface area contributed by atoms with Gasteiger partial charge in [0.2, 0.25) is 0 Å². The summed E-state index contributed by atoms with van der Waals surface area (Å²) in [6.07, 6.45) is -4.74. The molecule has 0 bridgehead atoms. The van der Waals surface area contributed by atoms with Gasteiger partial charge >= 0.3 is 6.18 Å². The molecule has 1 aliphatic rings. The highest BCUT2D eigenvalue weighted by molar-refractivity contribution is 6.30. The molecule has 9 heteroatoms. The Morgan fingerprint density at radius 3 is 2.24 bits per heavy atom. The quantitative estimate of drug-likeness (QED) is 0.323. The van der Waals surface area contributed by atoms with Crippen molar-refractivity contribution in [2.45, 2.75) is 25.8 Å². The molecule has 4 rings (SSSR count). The number of amides is 1. The van der Waals surface area contributed by atoms with Crippen LogP contribution in [-0.4, -0.2) is 48.4 Å². The molecule has 0 radical (unpaired) electrons. The van der Waals surface area contributed by atoms with Gasteiger partial charge in [0, 0.05) is 43.3 Å². The van der Waals surface area contributed by atoms with Crippen molar-refractivity contribution in [1.29, 1.82) is 0 Å². The number of alkyl halides is 3. The van der Waals surface area contributed by atoms with E-state index in [9.17, 15) is 22.4 Å². The lowest BCUT2D eigenvalue weighted by molar-refractivity contribution is -0.137. The minimum Gasteiger partial charge on any atom is -0.368 e. The number of aryl methyl sites for hydroxylation is 1. The summed E-state index contributed by atoms with van der Waals surface area (Å²) in [5, 5.41) is 0.588. The normalized spacial score (nSPS) is 15.6. The van der Waals surface area contributed by atoms with Crippen molar-refractivity contribution >= 4 is 17.5 Å². The zero-order chi connectivity index (χ0) is 26.6. The summed E-state index contributed by atoms with van der Waals surface area (Å²) in [6, 6.07) is 16.4. The number of ether oxygens (including phenoxy) is 1. The number of carbonyl (C=O) groups excluding carboxylic acids is 1. The molecule has 1 atom stereocenters. The Morgan fingerprint density at radius 2 is 1.62 bits per heavy atom. The summed E-state index contributed by atoms with van der Waals surface area (Å²) in [7, 11) is 0. The molecule has 1 amide bonds. The summed E-state index contributed by atoms with van der Waals surface area (Å²) in [5.41, 5.74) is 1.92. The van der Waals surface area contributed by atoms with E-state index in [2.05, 4.69) is 4.90 Å². The van der Waals surface area contributed by atoms with Crippen molar-refractivity contribution in [2.75, 3.05) is 32.7 Å². The molecule has 4 nitrogen and oxygen atoms in total. The highest BCUT2D eigenvalue weighted by atomic mass is 35.5. The number of hydrogen-bond acceptors (Lipinski definition) is 3. The van der Waals surface area contributed by atoms with Crippen LogP contribution in [0.15, 0.2) is 66.7 Å². The van der Waals surface area contributed by atoms with Crippen molar-refractivity contribution in [1.82, 2.24) is 9.80 Å². The molecular weight excluding hydrogens is 508 g/mol. The monoisotopic (exact) mass is 534 g/mol. The van der Waals surface area contributed by atoms with Crippen LogP contribution in [0.5, 0.6) is 0 Å². The first-order valence-corrected chi connectivity index (χ1v) is 12.3. The molecule has 1 aliphatic heterocycles. The molecular formula is C28H27ClF4N2O2. The van der Waals surface area contributed by atoms with Crippen LogP contribution in [0.3, 0.4) is 0 Å². The Balaban J connectivity index is 1.40. The van der Waals surface area contributed by atoms with Crippen molar-refractivity contribution in [3.8, 4) is 0 Å². The van der Waals surface area contributed by atoms with Gasteiger partial charge in [0.15, 0.2) is 0 Å². The SMILES string of the molecule is Cc1ccc(F)cc1C(=O)N1CCN(CC(OCc2ccc(C(F)(F)F)cc2)c2ccc(Cl)cc2)CC1. The Kier molecular flexibility index (Phi) is 8.52. The molecule has 0 aliphatic carbocycles. The maximum absolute atomic E-state index is 13.7. The fourth-order valence-electron chi connectivity index (χ4n) is 4.28. The van der Waals surface area contributed by atoms with Gasteiger partial charge in [-0.1, -0.05) is 41.9 Å². The van der Waals surface area contributed by atoms with Crippen molar-refractivity contribution < 1.29 is 27.1 Å². The first kappa shape index (κ1) is 27.1. The van der Waals surface area contributed by atoms with Crippen LogP contribution in [0.4, 0.5) is 17.6 Å². The molecule has 1 fully saturated rings. The number of hydrogen-bond donors (Lipinski definition) is 0. The van der Waals surface area contributed by atoms with E-state index in [1.807, 2.05) is 12.1 Å². The first-order chi connectivity index (χ1) is 17.6. The number of rotatable bonds is 7. The zero-order valence-corrected chi connectivity index (χ0v) is 21.0. The van der Waals surface area contributed by atoms with Gasteiger partial charge in [0.1, 0.15) is 5.82 Å². The van der Waals surface area contributed by atoms with Crippen molar-refractivity contribution in [2.24, 2.45) is 0 Å². The lowest BCUT2D eigenvalue weighted by atomic mass is 10.1. The smallest absolute Gasteiger partial charge is 0.368 e. The van der Waals surface area contributed by atoms with Gasteiger partial charge in [-0.3, -0.25) is 9.69 Å². The molecule has 1 unspecified atom stereocenters. The van der Waals surface area contributed by atoms with Gasteiger partial charge in [0.25, 0.3) is 5.91 Å². The zero-order valence-electron chi connectivity index (χ0n) is 20.3. The van der Waals surface area contributed by atoms with Crippen LogP contribution in [-0.2, 0) is 17.5 Å². The molecule has 3 aromatic carbocycles. The van der Waals surface area contributed by atoms with Gasteiger partial charge in [-0.2, -0.15) is 13.2 Å². The number of nitrogens with zero attached hydrogens (tertiary/aromatic N) is 2. The average molecular weight is 535 g/mol. The fraction of sp³-hybridized carbons (Fsp3) is 0.321. The van der Waals surface area contributed by atoms with E-state index in [0.717, 1.165) is 23.3 Å². The maximum Gasteiger partial charge on any atom is 0.416 e. The van der Waals surface area contributed by atoms with Crippen LogP contribution in [0.25, 0.3) is 0 Å². The Bertz CT molecular complexity index is 1210. The lowest BCUT2D eigenvalue weighted by Gasteiger charge is -2.36. The van der Waals surface area contributed by atoms with Crippen LogP contribution in [0, 0.1) is 12.7 Å². The van der Waals surface area contributed by atoms with E-state index >= 15 is 0 Å². The predicted molar refractivity (Wildman–Crippen MR) is 134 cm³/mol. The summed E-state index contributed by atoms with van der Waals surface area (Å²) in [6.45, 7) is 4.64. The molecule has 0 aromatic heterocycles. The van der Waals surface area contributed by atoms with Crippen LogP contribution < -0.4 is 0 Å². The first-order valence-electron chi connectivity index (χ1n) is 11.9. The highest BCUT2D eigenvalue weighted by Crippen LogP contribution is 2.30. The topological polar surface area (TPSA) is 32.8 Å². The van der Waals surface area contributed by atoms with Crippen LogP contribution in [0.2, 0.25) is 5.02 Å². The maximum atomic E-state index is 13.7. The summed E-state index contributed by atoms with van der Waals surface area (Å²) >= 11 is 6.05. The third-order valence-electron chi connectivity index (χ3n) is 6.49. The third kappa shape index (κ3) is 7.09. The summed E-state index contributed by atoms with van der Waals surface area (Å²) in [4.78, 5) is 16.8. The standard InChI is InChI=1S/C28H27ClF4N2O2/c1-19-2-11-24(30)16-25(19)27(36)35-14-12-34(13-15-35)17-26(21-5-9-23(29)10-6-21)37-18-20-3-7-22(8-4-20)28(31,32)33/h2-11,16,26H,12-15,17-18H2,1H3. The van der Waals surface area contributed by atoms with E-state index < -0.39 is 17.6 Å². The van der Waals surface area contributed by atoms with E-state index in [4.69, 9.17) is 16.3 Å². The third-order valence-corrected chi connectivity index (χ3v) is 6.74. The number of carbonyl (C=O) groups is 1. The largest absolute Gasteiger partial charge is 0.416 e. The van der Waals surface area contributed by atoms with Crippen molar-refractivity contribution in [3.05, 3.63) is 105 Å². The Labute approximate surface area is 218 Å². The van der Waals surface area contributed by atoms with Crippen molar-refractivity contribution in [3.63, 3.8) is 0 Å². The number of piperazine rings is 1. The molecule has 3 aromatic rings. The molecule has 0 spiro atoms. The second-order valence-corrected chi connectivity index (χ2v) is 9.53. The van der Waals surface area contributed by atoms with Gasteiger partial charge in [-0.15, -0.1) is 0 Å². The Hall–Kier alpha value is -2.94. The van der Waals surface area contributed by atoms with Gasteiger partial charge < -0.3 is 9.64 Å². The molecule has 196 valence electrons. The predicted octanol–water partition coefficient (Wildman–Crippen LogP) is 6.52. The van der Waals surface area contributed by atoms with Crippen LogP contribution in [0.1, 0.15) is 38.7 Å². The number of halogens is 5. The second-order valence-electron chi connectivity index (χ2n) is 9.10. The van der Waals surface area contributed by atoms with Crippen LogP contribution >= 0.6 is 11.6 Å². The van der Waals surface area contributed by atoms with Gasteiger partial charge in [-0.25, -0.2) is 4.39 Å².